The van der Waals surface area contributed by atoms with Crippen LogP contribution in [0.15, 0.2) is 0 Å². The van der Waals surface area contributed by atoms with Crippen molar-refractivity contribution in [2.24, 2.45) is 23.2 Å². The van der Waals surface area contributed by atoms with Crippen molar-refractivity contribution in [1.29, 1.82) is 0 Å². The van der Waals surface area contributed by atoms with Crippen LogP contribution in [0.1, 0.15) is 51.9 Å². The van der Waals surface area contributed by atoms with Crippen LogP contribution < -0.4 is 5.32 Å². The highest BCUT2D eigenvalue weighted by Gasteiger charge is 2.54. The second kappa shape index (κ2) is 5.54. The molecule has 4 saturated carbocycles. The van der Waals surface area contributed by atoms with Gasteiger partial charge in [0.15, 0.2) is 0 Å². The Kier molecular flexibility index (Phi) is 4.04. The van der Waals surface area contributed by atoms with E-state index in [1.807, 2.05) is 0 Å². The topological polar surface area (TPSA) is 58.6 Å². The molecular formula is C17H29NO3. The lowest BCUT2D eigenvalue weighted by Gasteiger charge is -2.55. The first kappa shape index (κ1) is 15.3. The molecule has 4 aliphatic rings. The predicted octanol–water partition coefficient (Wildman–Crippen LogP) is 2.11. The van der Waals surface area contributed by atoms with Gasteiger partial charge in [0.2, 0.25) is 5.91 Å². The SMILES string of the molecule is COCCC(C)(O)CNC(=O)C12CC3CC(CC(C3)C1)C2. The van der Waals surface area contributed by atoms with Crippen molar-refractivity contribution >= 4 is 5.91 Å². The number of methoxy groups -OCH3 is 1. The Bertz CT molecular complexity index is 370. The molecule has 1 amide bonds. The first-order valence-corrected chi connectivity index (χ1v) is 8.42. The van der Waals surface area contributed by atoms with Crippen LogP contribution >= 0.6 is 0 Å². The molecule has 2 N–H and O–H groups in total. The average Bonchev–Trinajstić information content (AvgIpc) is 2.41. The second-order valence-corrected chi connectivity index (χ2v) is 8.12. The Morgan fingerprint density at radius 1 is 1.24 bits per heavy atom. The molecule has 0 aromatic heterocycles. The summed E-state index contributed by atoms with van der Waals surface area (Å²) < 4.78 is 5.01. The summed E-state index contributed by atoms with van der Waals surface area (Å²) in [5, 5.41) is 13.3. The maximum Gasteiger partial charge on any atom is 0.226 e. The highest BCUT2D eigenvalue weighted by atomic mass is 16.5. The van der Waals surface area contributed by atoms with E-state index in [-0.39, 0.29) is 11.3 Å². The molecule has 120 valence electrons. The first-order chi connectivity index (χ1) is 9.92. The Morgan fingerprint density at radius 3 is 2.24 bits per heavy atom. The molecule has 0 heterocycles. The zero-order valence-corrected chi connectivity index (χ0v) is 13.4. The molecular weight excluding hydrogens is 266 g/mol. The number of aliphatic hydroxyl groups is 1. The van der Waals surface area contributed by atoms with Gasteiger partial charge in [0, 0.05) is 32.1 Å². The van der Waals surface area contributed by atoms with Gasteiger partial charge in [-0.15, -0.1) is 0 Å². The molecule has 4 bridgehead atoms. The average molecular weight is 295 g/mol. The van der Waals surface area contributed by atoms with Gasteiger partial charge in [0.05, 0.1) is 5.60 Å². The molecule has 1 unspecified atom stereocenters. The summed E-state index contributed by atoms with van der Waals surface area (Å²) in [7, 11) is 1.63. The van der Waals surface area contributed by atoms with Gasteiger partial charge in [0.25, 0.3) is 0 Å². The van der Waals surface area contributed by atoms with Crippen LogP contribution in [0.25, 0.3) is 0 Å². The minimum atomic E-state index is -0.881. The Hall–Kier alpha value is -0.610. The highest BCUT2D eigenvalue weighted by molar-refractivity contribution is 5.83. The fourth-order valence-corrected chi connectivity index (χ4v) is 5.26. The second-order valence-electron chi connectivity index (χ2n) is 8.12. The minimum Gasteiger partial charge on any atom is -0.388 e. The molecule has 21 heavy (non-hydrogen) atoms. The minimum absolute atomic E-state index is 0.119. The molecule has 4 nitrogen and oxygen atoms in total. The lowest BCUT2D eigenvalue weighted by atomic mass is 9.49. The monoisotopic (exact) mass is 295 g/mol. The van der Waals surface area contributed by atoms with E-state index in [1.54, 1.807) is 14.0 Å². The van der Waals surface area contributed by atoms with E-state index in [0.717, 1.165) is 37.0 Å². The van der Waals surface area contributed by atoms with Gasteiger partial charge in [-0.1, -0.05) is 0 Å². The van der Waals surface area contributed by atoms with Crippen molar-refractivity contribution in [2.45, 2.75) is 57.5 Å². The fourth-order valence-electron chi connectivity index (χ4n) is 5.26. The van der Waals surface area contributed by atoms with E-state index in [0.29, 0.717) is 19.6 Å². The van der Waals surface area contributed by atoms with Gasteiger partial charge in [-0.25, -0.2) is 0 Å². The molecule has 1 atom stereocenters. The molecule has 4 rings (SSSR count). The van der Waals surface area contributed by atoms with Crippen LogP contribution in [0.5, 0.6) is 0 Å². The number of rotatable bonds is 6. The van der Waals surface area contributed by atoms with Gasteiger partial charge in [-0.05, 0) is 63.2 Å². The maximum absolute atomic E-state index is 12.8. The summed E-state index contributed by atoms with van der Waals surface area (Å²) in [6, 6.07) is 0. The van der Waals surface area contributed by atoms with Gasteiger partial charge < -0.3 is 15.2 Å². The molecule has 4 aliphatic carbocycles. The van der Waals surface area contributed by atoms with Crippen LogP contribution in [-0.2, 0) is 9.53 Å². The van der Waals surface area contributed by atoms with Gasteiger partial charge in [-0.2, -0.15) is 0 Å². The van der Waals surface area contributed by atoms with E-state index in [4.69, 9.17) is 4.74 Å². The summed E-state index contributed by atoms with van der Waals surface area (Å²) in [5.41, 5.74) is -1.000. The number of carbonyl (C=O) groups is 1. The van der Waals surface area contributed by atoms with Crippen molar-refractivity contribution in [3.05, 3.63) is 0 Å². The summed E-state index contributed by atoms with van der Waals surface area (Å²) in [4.78, 5) is 12.8. The highest BCUT2D eigenvalue weighted by Crippen LogP contribution is 2.60. The molecule has 0 radical (unpaired) electrons. The molecule has 0 aromatic carbocycles. The fraction of sp³-hybridized carbons (Fsp3) is 0.941. The predicted molar refractivity (Wildman–Crippen MR) is 80.7 cm³/mol. The van der Waals surface area contributed by atoms with Crippen LogP contribution in [0, 0.1) is 23.2 Å². The van der Waals surface area contributed by atoms with Crippen LogP contribution in [-0.4, -0.2) is 36.9 Å². The van der Waals surface area contributed by atoms with Crippen molar-refractivity contribution in [2.75, 3.05) is 20.3 Å². The molecule has 0 spiro atoms. The number of hydrogen-bond acceptors (Lipinski definition) is 3. The number of hydrogen-bond donors (Lipinski definition) is 2. The summed E-state index contributed by atoms with van der Waals surface area (Å²) >= 11 is 0. The third kappa shape index (κ3) is 3.11. The van der Waals surface area contributed by atoms with Crippen molar-refractivity contribution in [3.8, 4) is 0 Å². The van der Waals surface area contributed by atoms with Gasteiger partial charge in [-0.3, -0.25) is 4.79 Å². The normalized spacial score (nSPS) is 40.0. The largest absolute Gasteiger partial charge is 0.388 e. The number of nitrogens with one attached hydrogen (secondary N) is 1. The molecule has 0 aliphatic heterocycles. The van der Waals surface area contributed by atoms with Crippen LogP contribution in [0.4, 0.5) is 0 Å². The standard InChI is InChI=1S/C17H29NO3/c1-16(20,3-4-21-2)11-18-15(19)17-8-12-5-13(9-17)7-14(6-12)10-17/h12-14,20H,3-11H2,1-2H3,(H,18,19). The molecule has 0 saturated heterocycles. The number of ether oxygens (including phenoxy) is 1. The number of carbonyl (C=O) groups excluding carboxylic acids is 1. The van der Waals surface area contributed by atoms with E-state index >= 15 is 0 Å². The summed E-state index contributed by atoms with van der Waals surface area (Å²) in [5.74, 6) is 2.52. The zero-order valence-electron chi connectivity index (χ0n) is 13.4. The maximum atomic E-state index is 12.8. The van der Waals surface area contributed by atoms with Crippen molar-refractivity contribution in [3.63, 3.8) is 0 Å². The summed E-state index contributed by atoms with van der Waals surface area (Å²) in [6.45, 7) is 2.61. The smallest absolute Gasteiger partial charge is 0.226 e. The van der Waals surface area contributed by atoms with Crippen LogP contribution in [0.2, 0.25) is 0 Å². The van der Waals surface area contributed by atoms with Crippen molar-refractivity contribution in [1.82, 2.24) is 5.32 Å². The van der Waals surface area contributed by atoms with Crippen molar-refractivity contribution < 1.29 is 14.6 Å². The molecule has 4 heteroatoms. The molecule has 4 fully saturated rings. The van der Waals surface area contributed by atoms with E-state index in [2.05, 4.69) is 5.32 Å². The Labute approximate surface area is 127 Å². The quantitative estimate of drug-likeness (QED) is 0.789. The third-order valence-electron chi connectivity index (χ3n) is 5.99. The third-order valence-corrected chi connectivity index (χ3v) is 5.99. The van der Waals surface area contributed by atoms with E-state index in [9.17, 15) is 9.90 Å². The summed E-state index contributed by atoms with van der Waals surface area (Å²) in [6.07, 6.45) is 7.81. The first-order valence-electron chi connectivity index (χ1n) is 8.42. The lowest BCUT2D eigenvalue weighted by molar-refractivity contribution is -0.147. The Morgan fingerprint density at radius 2 is 1.76 bits per heavy atom. The van der Waals surface area contributed by atoms with Crippen LogP contribution in [0.3, 0.4) is 0 Å². The van der Waals surface area contributed by atoms with Gasteiger partial charge in [0.1, 0.15) is 0 Å². The van der Waals surface area contributed by atoms with E-state index in [1.165, 1.54) is 19.3 Å². The van der Waals surface area contributed by atoms with Gasteiger partial charge >= 0.3 is 0 Å². The lowest BCUT2D eigenvalue weighted by Crippen LogP contribution is -2.55. The Balaban J connectivity index is 1.58. The number of amides is 1. The zero-order chi connectivity index (χ0) is 15.1. The van der Waals surface area contributed by atoms with E-state index < -0.39 is 5.60 Å². The molecule has 0 aromatic rings.